The van der Waals surface area contributed by atoms with E-state index in [-0.39, 0.29) is 12.5 Å². The maximum atomic E-state index is 12.7. The third kappa shape index (κ3) is 23.0. The molecule has 7 unspecified atom stereocenters. The SMILES string of the molecule is CCCCCCC/C=C\C/C=C\CCCCCCCCCCCCCC(=O)NC(COC1OC(CO)C(O)C(O)C1O)C(O)CCCCC. The molecule has 288 valence electrons. The minimum absolute atomic E-state index is 0.143. The Bertz CT molecular complexity index is 822. The minimum Gasteiger partial charge on any atom is -0.394 e. The Balaban J connectivity index is 2.12. The Labute approximate surface area is 298 Å². The van der Waals surface area contributed by atoms with Crippen molar-refractivity contribution in [3.05, 3.63) is 24.3 Å². The minimum atomic E-state index is -1.55. The van der Waals surface area contributed by atoms with Crippen LogP contribution in [-0.2, 0) is 14.3 Å². The molecule has 6 N–H and O–H groups in total. The van der Waals surface area contributed by atoms with E-state index in [2.05, 4.69) is 43.5 Å². The molecular weight excluding hydrogens is 622 g/mol. The Morgan fingerprint density at radius 2 is 1.20 bits per heavy atom. The average Bonchev–Trinajstić information content (AvgIpc) is 3.10. The number of aliphatic hydroxyl groups excluding tert-OH is 5. The van der Waals surface area contributed by atoms with Crippen LogP contribution in [0.3, 0.4) is 0 Å². The van der Waals surface area contributed by atoms with E-state index >= 15 is 0 Å². The molecule has 9 nitrogen and oxygen atoms in total. The van der Waals surface area contributed by atoms with Gasteiger partial charge in [-0.1, -0.05) is 141 Å². The normalized spacial score (nSPS) is 22.6. The van der Waals surface area contributed by atoms with Crippen LogP contribution in [0.2, 0.25) is 0 Å². The highest BCUT2D eigenvalue weighted by atomic mass is 16.7. The van der Waals surface area contributed by atoms with Gasteiger partial charge in [0.2, 0.25) is 5.91 Å². The van der Waals surface area contributed by atoms with Crippen LogP contribution in [0.5, 0.6) is 0 Å². The van der Waals surface area contributed by atoms with Crippen molar-refractivity contribution in [2.24, 2.45) is 0 Å². The van der Waals surface area contributed by atoms with Crippen LogP contribution in [0.4, 0.5) is 0 Å². The lowest BCUT2D eigenvalue weighted by Crippen LogP contribution is -2.60. The average molecular weight is 698 g/mol. The maximum absolute atomic E-state index is 12.7. The van der Waals surface area contributed by atoms with Crippen molar-refractivity contribution < 1.29 is 39.8 Å². The summed E-state index contributed by atoms with van der Waals surface area (Å²) in [5, 5.41) is 53.4. The van der Waals surface area contributed by atoms with E-state index in [0.717, 1.165) is 44.9 Å². The highest BCUT2D eigenvalue weighted by Gasteiger charge is 2.44. The molecule has 0 saturated carbocycles. The first-order chi connectivity index (χ1) is 23.8. The van der Waals surface area contributed by atoms with E-state index < -0.39 is 49.5 Å². The number of hydrogen-bond acceptors (Lipinski definition) is 8. The lowest BCUT2D eigenvalue weighted by atomic mass is 9.99. The molecule has 0 spiro atoms. The van der Waals surface area contributed by atoms with Crippen molar-refractivity contribution in [1.82, 2.24) is 5.32 Å². The number of carbonyl (C=O) groups excluding carboxylic acids is 1. The molecule has 1 aliphatic heterocycles. The smallest absolute Gasteiger partial charge is 0.220 e. The summed E-state index contributed by atoms with van der Waals surface area (Å²) < 4.78 is 11.1. The first-order valence-corrected chi connectivity index (χ1v) is 20.0. The van der Waals surface area contributed by atoms with Crippen LogP contribution < -0.4 is 5.32 Å². The summed E-state index contributed by atoms with van der Waals surface area (Å²) in [6.07, 6.45) is 28.5. The molecule has 0 aromatic rings. The quantitative estimate of drug-likeness (QED) is 0.0320. The van der Waals surface area contributed by atoms with Gasteiger partial charge in [0.25, 0.3) is 0 Å². The highest BCUT2D eigenvalue weighted by molar-refractivity contribution is 5.76. The summed E-state index contributed by atoms with van der Waals surface area (Å²) >= 11 is 0. The van der Waals surface area contributed by atoms with Crippen molar-refractivity contribution in [3.63, 3.8) is 0 Å². The van der Waals surface area contributed by atoms with Gasteiger partial charge in [0.1, 0.15) is 24.4 Å². The molecule has 1 rings (SSSR count). The number of rotatable bonds is 32. The van der Waals surface area contributed by atoms with Gasteiger partial charge in [0.15, 0.2) is 6.29 Å². The Kier molecular flexibility index (Phi) is 29.3. The lowest BCUT2D eigenvalue weighted by molar-refractivity contribution is -0.302. The van der Waals surface area contributed by atoms with Gasteiger partial charge in [0, 0.05) is 6.42 Å². The molecular formula is C40H75NO8. The third-order valence-electron chi connectivity index (χ3n) is 9.56. The van der Waals surface area contributed by atoms with E-state index in [1.165, 1.54) is 96.3 Å². The molecule has 0 aromatic carbocycles. The molecule has 1 heterocycles. The molecule has 1 amide bonds. The second-order valence-electron chi connectivity index (χ2n) is 14.1. The number of amides is 1. The highest BCUT2D eigenvalue weighted by Crippen LogP contribution is 2.23. The second kappa shape index (κ2) is 31.4. The summed E-state index contributed by atoms with van der Waals surface area (Å²) in [6.45, 7) is 3.64. The van der Waals surface area contributed by atoms with Gasteiger partial charge in [-0.25, -0.2) is 0 Å². The lowest BCUT2D eigenvalue weighted by Gasteiger charge is -2.40. The maximum Gasteiger partial charge on any atom is 0.220 e. The van der Waals surface area contributed by atoms with Crippen LogP contribution in [0, 0.1) is 0 Å². The second-order valence-corrected chi connectivity index (χ2v) is 14.1. The zero-order chi connectivity index (χ0) is 36.0. The van der Waals surface area contributed by atoms with Gasteiger partial charge in [-0.05, 0) is 44.9 Å². The van der Waals surface area contributed by atoms with Gasteiger partial charge in [0.05, 0.1) is 25.4 Å². The van der Waals surface area contributed by atoms with Crippen molar-refractivity contribution in [2.45, 2.75) is 211 Å². The number of ether oxygens (including phenoxy) is 2. The first-order valence-electron chi connectivity index (χ1n) is 20.0. The number of nitrogens with one attached hydrogen (secondary N) is 1. The van der Waals surface area contributed by atoms with Crippen LogP contribution >= 0.6 is 0 Å². The summed E-state index contributed by atoms with van der Waals surface area (Å²) in [5.41, 5.74) is 0. The summed E-state index contributed by atoms with van der Waals surface area (Å²) in [4.78, 5) is 12.7. The summed E-state index contributed by atoms with van der Waals surface area (Å²) in [7, 11) is 0. The topological polar surface area (TPSA) is 149 Å². The molecule has 1 fully saturated rings. The van der Waals surface area contributed by atoms with E-state index in [9.17, 15) is 30.3 Å². The number of allylic oxidation sites excluding steroid dienone is 4. The molecule has 49 heavy (non-hydrogen) atoms. The van der Waals surface area contributed by atoms with Crippen LogP contribution in [0.1, 0.15) is 168 Å². The van der Waals surface area contributed by atoms with Gasteiger partial charge in [-0.3, -0.25) is 4.79 Å². The van der Waals surface area contributed by atoms with Crippen molar-refractivity contribution in [1.29, 1.82) is 0 Å². The van der Waals surface area contributed by atoms with E-state index in [1.54, 1.807) is 0 Å². The van der Waals surface area contributed by atoms with Gasteiger partial charge in [-0.15, -0.1) is 0 Å². The fraction of sp³-hybridized carbons (Fsp3) is 0.875. The predicted octanol–water partition coefficient (Wildman–Crippen LogP) is 7.16. The zero-order valence-electron chi connectivity index (χ0n) is 31.2. The molecule has 7 atom stereocenters. The standard InChI is InChI=1S/C40H75NO8/c1-3-5-7-8-9-10-11-12-13-14-15-16-17-18-19-20-21-22-23-24-25-26-28-30-36(44)41-33(34(43)29-27-6-4-2)32-48-40-39(47)38(46)37(45)35(31-42)49-40/h11-12,14-15,33-35,37-40,42-43,45-47H,3-10,13,16-32H2,1-2H3,(H,41,44)/b12-11-,15-14-. The van der Waals surface area contributed by atoms with Crippen LogP contribution in [-0.4, -0.2) is 87.5 Å². The molecule has 1 aliphatic rings. The molecule has 0 bridgehead atoms. The number of hydrogen-bond donors (Lipinski definition) is 6. The van der Waals surface area contributed by atoms with Crippen LogP contribution in [0.25, 0.3) is 0 Å². The molecule has 9 heteroatoms. The van der Waals surface area contributed by atoms with Gasteiger partial charge < -0.3 is 40.3 Å². The molecule has 0 radical (unpaired) electrons. The third-order valence-corrected chi connectivity index (χ3v) is 9.56. The fourth-order valence-corrected chi connectivity index (χ4v) is 6.25. The predicted molar refractivity (Wildman–Crippen MR) is 198 cm³/mol. The zero-order valence-corrected chi connectivity index (χ0v) is 31.2. The Morgan fingerprint density at radius 3 is 1.76 bits per heavy atom. The van der Waals surface area contributed by atoms with E-state index in [4.69, 9.17) is 9.47 Å². The Hall–Kier alpha value is -1.33. The molecule has 0 aromatic heterocycles. The largest absolute Gasteiger partial charge is 0.394 e. The van der Waals surface area contributed by atoms with E-state index in [0.29, 0.717) is 12.8 Å². The van der Waals surface area contributed by atoms with E-state index in [1.807, 2.05) is 0 Å². The van der Waals surface area contributed by atoms with Gasteiger partial charge in [-0.2, -0.15) is 0 Å². The number of unbranched alkanes of at least 4 members (excludes halogenated alkanes) is 18. The summed E-state index contributed by atoms with van der Waals surface area (Å²) in [6, 6.07) is -0.713. The molecule has 0 aliphatic carbocycles. The molecule has 1 saturated heterocycles. The fourth-order valence-electron chi connectivity index (χ4n) is 6.25. The number of aliphatic hydroxyl groups is 5. The monoisotopic (exact) mass is 698 g/mol. The Morgan fingerprint density at radius 1 is 0.694 bits per heavy atom. The van der Waals surface area contributed by atoms with Gasteiger partial charge >= 0.3 is 0 Å². The van der Waals surface area contributed by atoms with Crippen LogP contribution in [0.15, 0.2) is 24.3 Å². The van der Waals surface area contributed by atoms with Crippen molar-refractivity contribution >= 4 is 5.91 Å². The van der Waals surface area contributed by atoms with Crippen molar-refractivity contribution in [3.8, 4) is 0 Å². The first kappa shape index (κ1) is 45.7. The number of carbonyl (C=O) groups is 1. The van der Waals surface area contributed by atoms with Crippen molar-refractivity contribution in [2.75, 3.05) is 13.2 Å². The summed E-state index contributed by atoms with van der Waals surface area (Å²) in [5.74, 6) is -0.159.